The second kappa shape index (κ2) is 5.28. The highest BCUT2D eigenvalue weighted by molar-refractivity contribution is 5.90. The first-order valence-electron chi connectivity index (χ1n) is 5.15. The van der Waals surface area contributed by atoms with Crippen LogP contribution >= 0.6 is 0 Å². The molecule has 16 heavy (non-hydrogen) atoms. The number of benzene rings is 2. The fourth-order valence-electron chi connectivity index (χ4n) is 1.48. The van der Waals surface area contributed by atoms with Crippen molar-refractivity contribution in [2.24, 2.45) is 5.16 Å². The summed E-state index contributed by atoms with van der Waals surface area (Å²) in [6.07, 6.45) is 1.64. The maximum Gasteiger partial charge on any atom is 0.140 e. The summed E-state index contributed by atoms with van der Waals surface area (Å²) in [5.41, 5.74) is 0.983. The maximum absolute atomic E-state index is 8.51. The standard InChI is InChI=1S/C13H13NO2/c15-7-8-16-14-10-11-5-6-12-3-1-2-4-13(12)9-11/h1-6,9-10,15H,7-8H2/b14-10+. The number of fused-ring (bicyclic) bond motifs is 1. The van der Waals surface area contributed by atoms with Crippen LogP contribution in [0.15, 0.2) is 47.6 Å². The van der Waals surface area contributed by atoms with Gasteiger partial charge in [-0.1, -0.05) is 41.6 Å². The smallest absolute Gasteiger partial charge is 0.140 e. The minimum atomic E-state index is -0.0188. The summed E-state index contributed by atoms with van der Waals surface area (Å²) in [6, 6.07) is 14.2. The van der Waals surface area contributed by atoms with Crippen molar-refractivity contribution in [3.05, 3.63) is 48.0 Å². The Kier molecular flexibility index (Phi) is 3.51. The van der Waals surface area contributed by atoms with Crippen LogP contribution in [0.25, 0.3) is 10.8 Å². The van der Waals surface area contributed by atoms with Crippen molar-refractivity contribution < 1.29 is 9.94 Å². The molecule has 0 fully saturated rings. The quantitative estimate of drug-likeness (QED) is 0.482. The molecule has 0 aliphatic carbocycles. The van der Waals surface area contributed by atoms with Gasteiger partial charge in [0.05, 0.1) is 12.8 Å². The van der Waals surface area contributed by atoms with Crippen LogP contribution in [0.2, 0.25) is 0 Å². The number of hydrogen-bond acceptors (Lipinski definition) is 3. The van der Waals surface area contributed by atoms with Crippen molar-refractivity contribution in [3.8, 4) is 0 Å². The monoisotopic (exact) mass is 215 g/mol. The Balaban J connectivity index is 2.16. The predicted molar refractivity (Wildman–Crippen MR) is 64.6 cm³/mol. The van der Waals surface area contributed by atoms with E-state index >= 15 is 0 Å². The molecule has 3 heteroatoms. The second-order valence-corrected chi connectivity index (χ2v) is 3.40. The first-order chi connectivity index (χ1) is 7.90. The van der Waals surface area contributed by atoms with E-state index in [0.717, 1.165) is 5.56 Å². The number of aliphatic hydroxyl groups excluding tert-OH is 1. The highest BCUT2D eigenvalue weighted by atomic mass is 16.6. The Bertz CT molecular complexity index is 494. The third-order valence-electron chi connectivity index (χ3n) is 2.23. The zero-order valence-corrected chi connectivity index (χ0v) is 8.84. The Morgan fingerprint density at radius 2 is 1.94 bits per heavy atom. The maximum atomic E-state index is 8.51. The summed E-state index contributed by atoms with van der Waals surface area (Å²) < 4.78 is 0. The summed E-state index contributed by atoms with van der Waals surface area (Å²) >= 11 is 0. The van der Waals surface area contributed by atoms with Crippen molar-refractivity contribution in [3.63, 3.8) is 0 Å². The molecule has 1 N–H and O–H groups in total. The first kappa shape index (κ1) is 10.6. The Hall–Kier alpha value is -1.87. The molecular weight excluding hydrogens is 202 g/mol. The zero-order valence-electron chi connectivity index (χ0n) is 8.84. The number of oxime groups is 1. The Morgan fingerprint density at radius 3 is 2.75 bits per heavy atom. The van der Waals surface area contributed by atoms with Gasteiger partial charge in [-0.05, 0) is 22.4 Å². The van der Waals surface area contributed by atoms with Gasteiger partial charge in [0.2, 0.25) is 0 Å². The molecule has 0 aromatic heterocycles. The highest BCUT2D eigenvalue weighted by Crippen LogP contribution is 2.14. The molecule has 2 aromatic rings. The van der Waals surface area contributed by atoms with Crippen molar-refractivity contribution in [2.75, 3.05) is 13.2 Å². The molecular formula is C13H13NO2. The predicted octanol–water partition coefficient (Wildman–Crippen LogP) is 2.18. The van der Waals surface area contributed by atoms with Gasteiger partial charge in [0.1, 0.15) is 6.61 Å². The molecule has 2 aromatic carbocycles. The third-order valence-corrected chi connectivity index (χ3v) is 2.23. The normalized spacial score (nSPS) is 11.1. The number of nitrogens with zero attached hydrogens (tertiary/aromatic N) is 1. The molecule has 0 atom stereocenters. The number of aliphatic hydroxyl groups is 1. The van der Waals surface area contributed by atoms with E-state index in [4.69, 9.17) is 9.94 Å². The topological polar surface area (TPSA) is 41.8 Å². The van der Waals surface area contributed by atoms with E-state index in [1.807, 2.05) is 30.3 Å². The summed E-state index contributed by atoms with van der Waals surface area (Å²) in [5, 5.41) is 14.6. The van der Waals surface area contributed by atoms with Crippen molar-refractivity contribution >= 4 is 17.0 Å². The van der Waals surface area contributed by atoms with E-state index in [-0.39, 0.29) is 13.2 Å². The van der Waals surface area contributed by atoms with E-state index in [1.54, 1.807) is 6.21 Å². The molecule has 0 spiro atoms. The van der Waals surface area contributed by atoms with Crippen LogP contribution in [0, 0.1) is 0 Å². The van der Waals surface area contributed by atoms with E-state index in [2.05, 4.69) is 17.3 Å². The van der Waals surface area contributed by atoms with E-state index in [1.165, 1.54) is 10.8 Å². The second-order valence-electron chi connectivity index (χ2n) is 3.40. The van der Waals surface area contributed by atoms with Crippen LogP contribution in [0.5, 0.6) is 0 Å². The fraction of sp³-hybridized carbons (Fsp3) is 0.154. The van der Waals surface area contributed by atoms with Gasteiger partial charge in [0, 0.05) is 0 Å². The van der Waals surface area contributed by atoms with Crippen LogP contribution in [-0.4, -0.2) is 24.5 Å². The third kappa shape index (κ3) is 2.58. The lowest BCUT2D eigenvalue weighted by Gasteiger charge is -1.98. The largest absolute Gasteiger partial charge is 0.393 e. The van der Waals surface area contributed by atoms with Gasteiger partial charge in [-0.3, -0.25) is 0 Å². The molecule has 0 saturated heterocycles. The Morgan fingerprint density at radius 1 is 1.12 bits per heavy atom. The molecule has 0 saturated carbocycles. The summed E-state index contributed by atoms with van der Waals surface area (Å²) in [5.74, 6) is 0. The lowest BCUT2D eigenvalue weighted by Crippen LogP contribution is -1.93. The lowest BCUT2D eigenvalue weighted by atomic mass is 10.1. The fourth-order valence-corrected chi connectivity index (χ4v) is 1.48. The SMILES string of the molecule is OCCO/N=C/c1ccc2ccccc2c1. The van der Waals surface area contributed by atoms with Crippen LogP contribution in [0.1, 0.15) is 5.56 Å². The average molecular weight is 215 g/mol. The van der Waals surface area contributed by atoms with Gasteiger partial charge in [-0.25, -0.2) is 0 Å². The van der Waals surface area contributed by atoms with Crippen LogP contribution in [0.4, 0.5) is 0 Å². The average Bonchev–Trinajstić information content (AvgIpc) is 2.34. The van der Waals surface area contributed by atoms with E-state index in [9.17, 15) is 0 Å². The molecule has 0 bridgehead atoms. The van der Waals surface area contributed by atoms with Gasteiger partial charge in [0.15, 0.2) is 0 Å². The van der Waals surface area contributed by atoms with Crippen molar-refractivity contribution in [2.45, 2.75) is 0 Å². The molecule has 3 nitrogen and oxygen atoms in total. The van der Waals surface area contributed by atoms with Crippen LogP contribution < -0.4 is 0 Å². The molecule has 0 aliphatic heterocycles. The van der Waals surface area contributed by atoms with E-state index in [0.29, 0.717) is 0 Å². The molecule has 0 amide bonds. The lowest BCUT2D eigenvalue weighted by molar-refractivity contribution is 0.0997. The van der Waals surface area contributed by atoms with Crippen LogP contribution in [0.3, 0.4) is 0 Å². The van der Waals surface area contributed by atoms with Gasteiger partial charge in [0.25, 0.3) is 0 Å². The van der Waals surface area contributed by atoms with Gasteiger partial charge in [-0.15, -0.1) is 0 Å². The zero-order chi connectivity index (χ0) is 11.2. The molecule has 0 radical (unpaired) electrons. The Labute approximate surface area is 94.0 Å². The van der Waals surface area contributed by atoms with Gasteiger partial charge < -0.3 is 9.94 Å². The van der Waals surface area contributed by atoms with Crippen molar-refractivity contribution in [1.29, 1.82) is 0 Å². The van der Waals surface area contributed by atoms with Gasteiger partial charge >= 0.3 is 0 Å². The minimum Gasteiger partial charge on any atom is -0.393 e. The summed E-state index contributed by atoms with van der Waals surface area (Å²) in [4.78, 5) is 4.82. The summed E-state index contributed by atoms with van der Waals surface area (Å²) in [6.45, 7) is 0.207. The first-order valence-corrected chi connectivity index (χ1v) is 5.15. The van der Waals surface area contributed by atoms with Crippen molar-refractivity contribution in [1.82, 2.24) is 0 Å². The molecule has 0 unspecified atom stereocenters. The molecule has 0 heterocycles. The van der Waals surface area contributed by atoms with E-state index < -0.39 is 0 Å². The molecule has 82 valence electrons. The minimum absolute atomic E-state index is 0.0188. The number of hydrogen-bond donors (Lipinski definition) is 1. The number of rotatable bonds is 4. The molecule has 0 aliphatic rings. The van der Waals surface area contributed by atoms with Crippen LogP contribution in [-0.2, 0) is 4.84 Å². The summed E-state index contributed by atoms with van der Waals surface area (Å²) in [7, 11) is 0. The highest BCUT2D eigenvalue weighted by Gasteiger charge is 1.93. The van der Waals surface area contributed by atoms with Gasteiger partial charge in [-0.2, -0.15) is 0 Å². The molecule has 2 rings (SSSR count).